The molecule has 0 bridgehead atoms. The SMILES string of the molecule is CC(C(=O)O)C(C)C(=O)N(C)CC1CCC1. The fourth-order valence-corrected chi connectivity index (χ4v) is 1.93. The minimum atomic E-state index is -0.905. The molecule has 0 spiro atoms. The first-order chi connectivity index (χ1) is 7.43. The first-order valence-corrected chi connectivity index (χ1v) is 5.91. The molecular formula is C12H21NO3. The summed E-state index contributed by atoms with van der Waals surface area (Å²) in [6.45, 7) is 4.05. The summed E-state index contributed by atoms with van der Waals surface area (Å²) in [5, 5.41) is 8.85. The molecule has 1 rings (SSSR count). The van der Waals surface area contributed by atoms with Gasteiger partial charge >= 0.3 is 5.97 Å². The molecule has 0 heterocycles. The highest BCUT2D eigenvalue weighted by Crippen LogP contribution is 2.27. The predicted molar refractivity (Wildman–Crippen MR) is 60.9 cm³/mol. The van der Waals surface area contributed by atoms with Crippen LogP contribution in [-0.2, 0) is 9.59 Å². The van der Waals surface area contributed by atoms with Crippen LogP contribution >= 0.6 is 0 Å². The van der Waals surface area contributed by atoms with E-state index in [1.165, 1.54) is 19.3 Å². The van der Waals surface area contributed by atoms with Crippen molar-refractivity contribution in [2.24, 2.45) is 17.8 Å². The Labute approximate surface area is 96.6 Å². The van der Waals surface area contributed by atoms with E-state index in [0.717, 1.165) is 6.54 Å². The molecule has 0 aromatic rings. The van der Waals surface area contributed by atoms with Crippen LogP contribution in [0.15, 0.2) is 0 Å². The van der Waals surface area contributed by atoms with Gasteiger partial charge in [-0.15, -0.1) is 0 Å². The molecule has 1 N–H and O–H groups in total. The van der Waals surface area contributed by atoms with Gasteiger partial charge < -0.3 is 10.0 Å². The van der Waals surface area contributed by atoms with Crippen molar-refractivity contribution in [3.05, 3.63) is 0 Å². The number of amides is 1. The zero-order valence-electron chi connectivity index (χ0n) is 10.3. The average molecular weight is 227 g/mol. The van der Waals surface area contributed by atoms with Crippen LogP contribution in [-0.4, -0.2) is 35.5 Å². The highest BCUT2D eigenvalue weighted by atomic mass is 16.4. The van der Waals surface area contributed by atoms with Crippen LogP contribution in [0.4, 0.5) is 0 Å². The first kappa shape index (κ1) is 13.0. The number of hydrogen-bond acceptors (Lipinski definition) is 2. The fourth-order valence-electron chi connectivity index (χ4n) is 1.93. The lowest BCUT2D eigenvalue weighted by Gasteiger charge is -2.32. The maximum absolute atomic E-state index is 11.9. The Morgan fingerprint density at radius 3 is 2.25 bits per heavy atom. The van der Waals surface area contributed by atoms with Gasteiger partial charge in [0, 0.05) is 19.5 Å². The van der Waals surface area contributed by atoms with Crippen molar-refractivity contribution in [1.29, 1.82) is 0 Å². The molecule has 0 radical (unpaired) electrons. The molecule has 2 atom stereocenters. The molecule has 0 aliphatic heterocycles. The summed E-state index contributed by atoms with van der Waals surface area (Å²) in [4.78, 5) is 24.4. The van der Waals surface area contributed by atoms with Crippen molar-refractivity contribution in [1.82, 2.24) is 4.90 Å². The second-order valence-corrected chi connectivity index (χ2v) is 4.93. The van der Waals surface area contributed by atoms with E-state index in [1.807, 2.05) is 0 Å². The first-order valence-electron chi connectivity index (χ1n) is 5.91. The normalized spacial score (nSPS) is 19.7. The van der Waals surface area contributed by atoms with Gasteiger partial charge in [-0.1, -0.05) is 20.3 Å². The second kappa shape index (κ2) is 5.32. The van der Waals surface area contributed by atoms with E-state index in [0.29, 0.717) is 5.92 Å². The molecule has 2 unspecified atom stereocenters. The molecule has 4 nitrogen and oxygen atoms in total. The minimum absolute atomic E-state index is 0.0539. The third-order valence-electron chi connectivity index (χ3n) is 3.66. The molecule has 1 amide bonds. The summed E-state index contributed by atoms with van der Waals surface area (Å²) in [6, 6.07) is 0. The number of carbonyl (C=O) groups excluding carboxylic acids is 1. The standard InChI is InChI=1S/C12H21NO3/c1-8(9(2)12(15)16)11(14)13(3)7-10-5-4-6-10/h8-10H,4-7H2,1-3H3,(H,15,16). The van der Waals surface area contributed by atoms with Crippen LogP contribution in [0.1, 0.15) is 33.1 Å². The van der Waals surface area contributed by atoms with Crippen LogP contribution in [0.2, 0.25) is 0 Å². The molecule has 92 valence electrons. The van der Waals surface area contributed by atoms with E-state index in [-0.39, 0.29) is 5.91 Å². The molecule has 0 aromatic carbocycles. The summed E-state index contributed by atoms with van der Waals surface area (Å²) in [5.74, 6) is -1.39. The van der Waals surface area contributed by atoms with E-state index < -0.39 is 17.8 Å². The summed E-state index contributed by atoms with van der Waals surface area (Å²) in [5.41, 5.74) is 0. The second-order valence-electron chi connectivity index (χ2n) is 4.93. The number of carbonyl (C=O) groups is 2. The van der Waals surface area contributed by atoms with E-state index in [1.54, 1.807) is 25.8 Å². The van der Waals surface area contributed by atoms with Gasteiger partial charge in [0.15, 0.2) is 0 Å². The van der Waals surface area contributed by atoms with E-state index in [9.17, 15) is 9.59 Å². The average Bonchev–Trinajstić information content (AvgIpc) is 2.19. The molecule has 1 fully saturated rings. The van der Waals surface area contributed by atoms with E-state index in [2.05, 4.69) is 0 Å². The third kappa shape index (κ3) is 2.97. The van der Waals surface area contributed by atoms with E-state index >= 15 is 0 Å². The monoisotopic (exact) mass is 227 g/mol. The minimum Gasteiger partial charge on any atom is -0.481 e. The van der Waals surface area contributed by atoms with Gasteiger partial charge in [-0.2, -0.15) is 0 Å². The van der Waals surface area contributed by atoms with Crippen LogP contribution in [0.5, 0.6) is 0 Å². The van der Waals surface area contributed by atoms with Gasteiger partial charge in [-0.05, 0) is 18.8 Å². The van der Waals surface area contributed by atoms with Crippen LogP contribution < -0.4 is 0 Å². The van der Waals surface area contributed by atoms with Crippen molar-refractivity contribution in [3.63, 3.8) is 0 Å². The molecule has 4 heteroatoms. The lowest BCUT2D eigenvalue weighted by atomic mass is 9.85. The van der Waals surface area contributed by atoms with Gasteiger partial charge in [0.25, 0.3) is 0 Å². The Morgan fingerprint density at radius 1 is 1.31 bits per heavy atom. The number of nitrogens with zero attached hydrogens (tertiary/aromatic N) is 1. The Hall–Kier alpha value is -1.06. The van der Waals surface area contributed by atoms with Crippen molar-refractivity contribution in [2.75, 3.05) is 13.6 Å². The van der Waals surface area contributed by atoms with Gasteiger partial charge in [0.2, 0.25) is 5.91 Å². The number of carboxylic acid groups (broad SMARTS) is 1. The van der Waals surface area contributed by atoms with Gasteiger partial charge in [0.05, 0.1) is 5.92 Å². The largest absolute Gasteiger partial charge is 0.481 e. The molecule has 1 aliphatic rings. The highest BCUT2D eigenvalue weighted by molar-refractivity contribution is 5.84. The zero-order chi connectivity index (χ0) is 12.3. The summed E-state index contributed by atoms with van der Waals surface area (Å²) >= 11 is 0. The van der Waals surface area contributed by atoms with Crippen molar-refractivity contribution < 1.29 is 14.7 Å². The quantitative estimate of drug-likeness (QED) is 0.776. The molecule has 1 aliphatic carbocycles. The molecular weight excluding hydrogens is 206 g/mol. The van der Waals surface area contributed by atoms with Crippen molar-refractivity contribution in [2.45, 2.75) is 33.1 Å². The number of aliphatic carboxylic acids is 1. The zero-order valence-corrected chi connectivity index (χ0v) is 10.3. The smallest absolute Gasteiger partial charge is 0.307 e. The number of carboxylic acids is 1. The lowest BCUT2D eigenvalue weighted by molar-refractivity contribution is -0.148. The van der Waals surface area contributed by atoms with Crippen molar-refractivity contribution in [3.8, 4) is 0 Å². The number of hydrogen-bond donors (Lipinski definition) is 1. The Morgan fingerprint density at radius 2 is 1.88 bits per heavy atom. The predicted octanol–water partition coefficient (Wildman–Crippen LogP) is 1.60. The molecule has 0 aromatic heterocycles. The molecule has 0 saturated heterocycles. The van der Waals surface area contributed by atoms with Crippen LogP contribution in [0.25, 0.3) is 0 Å². The van der Waals surface area contributed by atoms with Gasteiger partial charge in [-0.25, -0.2) is 0 Å². The topological polar surface area (TPSA) is 57.6 Å². The summed E-state index contributed by atoms with van der Waals surface area (Å²) in [6.07, 6.45) is 3.65. The third-order valence-corrected chi connectivity index (χ3v) is 3.66. The fraction of sp³-hybridized carbons (Fsp3) is 0.833. The Balaban J connectivity index is 2.44. The molecule has 1 saturated carbocycles. The summed E-state index contributed by atoms with van der Waals surface area (Å²) in [7, 11) is 1.77. The van der Waals surface area contributed by atoms with Gasteiger partial charge in [-0.3, -0.25) is 9.59 Å². The van der Waals surface area contributed by atoms with Gasteiger partial charge in [0.1, 0.15) is 0 Å². The number of rotatable bonds is 5. The maximum atomic E-state index is 11.9. The Kier molecular flexibility index (Phi) is 4.33. The summed E-state index contributed by atoms with van der Waals surface area (Å²) < 4.78 is 0. The highest BCUT2D eigenvalue weighted by Gasteiger charge is 2.29. The van der Waals surface area contributed by atoms with Crippen molar-refractivity contribution >= 4 is 11.9 Å². The lowest BCUT2D eigenvalue weighted by Crippen LogP contribution is -2.40. The van der Waals surface area contributed by atoms with Crippen LogP contribution in [0.3, 0.4) is 0 Å². The van der Waals surface area contributed by atoms with E-state index in [4.69, 9.17) is 5.11 Å². The molecule has 16 heavy (non-hydrogen) atoms. The maximum Gasteiger partial charge on any atom is 0.307 e. The van der Waals surface area contributed by atoms with Crippen LogP contribution in [0, 0.1) is 17.8 Å². The Bertz CT molecular complexity index is 273.